The minimum atomic E-state index is -2.87. The fourth-order valence-corrected chi connectivity index (χ4v) is 0.809. The number of hydrogen-bond donors (Lipinski definition) is 1. The van der Waals surface area contributed by atoms with Gasteiger partial charge in [-0.1, -0.05) is 6.08 Å². The summed E-state index contributed by atoms with van der Waals surface area (Å²) in [6, 6.07) is 0. The smallest absolute Gasteiger partial charge is 0.242 e. The van der Waals surface area contributed by atoms with Crippen LogP contribution < -0.4 is 0 Å². The Kier molecular flexibility index (Phi) is 1.87. The highest BCUT2D eigenvalue weighted by atomic mass is 19.2. The van der Waals surface area contributed by atoms with Crippen molar-refractivity contribution in [3.63, 3.8) is 0 Å². The van der Waals surface area contributed by atoms with Crippen molar-refractivity contribution in [2.45, 2.75) is 5.85 Å². The lowest BCUT2D eigenvalue weighted by Crippen LogP contribution is -2.32. The Morgan fingerprint density at radius 1 is 1.73 bits per heavy atom. The minimum Gasteiger partial charge on any atom is -0.358 e. The van der Waals surface area contributed by atoms with Gasteiger partial charge in [-0.2, -0.15) is 0 Å². The van der Waals surface area contributed by atoms with Gasteiger partial charge < -0.3 is 9.90 Å². The van der Waals surface area contributed by atoms with Crippen LogP contribution in [0.15, 0.2) is 24.1 Å². The molecule has 60 valence electrons. The first kappa shape index (κ1) is 8.07. The average Bonchev–Trinajstić information content (AvgIpc) is 1.85. The van der Waals surface area contributed by atoms with Crippen LogP contribution in [-0.2, 0) is 4.79 Å². The summed E-state index contributed by atoms with van der Waals surface area (Å²) in [6.45, 7) is 0. The molecule has 0 radical (unpaired) electrons. The molecule has 1 N–H and O–H groups in total. The zero-order valence-corrected chi connectivity index (χ0v) is 5.50. The highest BCUT2D eigenvalue weighted by Gasteiger charge is 2.35. The van der Waals surface area contributed by atoms with Crippen LogP contribution in [0, 0.1) is 5.92 Å². The molecule has 1 aliphatic rings. The molecule has 0 spiro atoms. The predicted octanol–water partition coefficient (Wildman–Crippen LogP) is 0.883. The first-order valence-corrected chi connectivity index (χ1v) is 2.99. The molecule has 0 saturated carbocycles. The van der Waals surface area contributed by atoms with E-state index in [9.17, 15) is 13.6 Å². The van der Waals surface area contributed by atoms with Crippen LogP contribution in [0.4, 0.5) is 8.78 Å². The lowest BCUT2D eigenvalue weighted by atomic mass is 9.97. The fraction of sp³-hybridized carbons (Fsp3) is 0.286. The zero-order valence-electron chi connectivity index (χ0n) is 5.50. The number of hydrogen-bond acceptors (Lipinski definition) is 2. The van der Waals surface area contributed by atoms with Gasteiger partial charge in [0.25, 0.3) is 0 Å². The molecule has 0 aromatic carbocycles. The Bertz CT molecular complexity index is 231. The number of carbonyl (C=O) groups excluding carboxylic acids is 1. The van der Waals surface area contributed by atoms with E-state index in [1.807, 2.05) is 0 Å². The van der Waals surface area contributed by atoms with Gasteiger partial charge in [0.15, 0.2) is 0 Å². The van der Waals surface area contributed by atoms with Gasteiger partial charge in [-0.25, -0.2) is 8.78 Å². The van der Waals surface area contributed by atoms with Crippen LogP contribution in [0.5, 0.6) is 0 Å². The lowest BCUT2D eigenvalue weighted by molar-refractivity contribution is -0.126. The number of carbonyl (C=O) groups is 1. The topological polar surface area (TPSA) is 37.3 Å². The van der Waals surface area contributed by atoms with Gasteiger partial charge in [0.2, 0.25) is 5.85 Å². The molecular weight excluding hydrogens is 154 g/mol. The van der Waals surface area contributed by atoms with Crippen molar-refractivity contribution in [1.29, 1.82) is 0 Å². The van der Waals surface area contributed by atoms with Gasteiger partial charge in [0, 0.05) is 6.08 Å². The normalized spacial score (nSPS) is 36.6. The van der Waals surface area contributed by atoms with Crippen molar-refractivity contribution in [3.8, 4) is 0 Å². The highest BCUT2D eigenvalue weighted by molar-refractivity contribution is 5.60. The third-order valence-corrected chi connectivity index (χ3v) is 1.42. The van der Waals surface area contributed by atoms with Gasteiger partial charge in [-0.05, 0) is 6.08 Å². The first-order chi connectivity index (χ1) is 5.06. The third kappa shape index (κ3) is 1.51. The Morgan fingerprint density at radius 3 is 2.82 bits per heavy atom. The SMILES string of the molecule is O=CC1C=CC(F)=CC1(O)F. The van der Waals surface area contributed by atoms with E-state index < -0.39 is 17.6 Å². The maximum Gasteiger partial charge on any atom is 0.242 e. The molecule has 0 aromatic heterocycles. The summed E-state index contributed by atoms with van der Waals surface area (Å²) in [5, 5.41) is 8.74. The Hall–Kier alpha value is -1.03. The van der Waals surface area contributed by atoms with Gasteiger partial charge in [0.05, 0.1) is 5.92 Å². The molecule has 2 atom stereocenters. The van der Waals surface area contributed by atoms with E-state index in [0.29, 0.717) is 6.08 Å². The van der Waals surface area contributed by atoms with E-state index in [-0.39, 0.29) is 6.29 Å². The van der Waals surface area contributed by atoms with Crippen LogP contribution >= 0.6 is 0 Å². The second kappa shape index (κ2) is 2.54. The van der Waals surface area contributed by atoms with Gasteiger partial charge >= 0.3 is 0 Å². The maximum absolute atomic E-state index is 12.7. The molecule has 0 aromatic rings. The van der Waals surface area contributed by atoms with Crippen molar-refractivity contribution in [2.24, 2.45) is 5.92 Å². The van der Waals surface area contributed by atoms with Crippen molar-refractivity contribution >= 4 is 6.29 Å². The fourth-order valence-electron chi connectivity index (χ4n) is 0.809. The number of aldehydes is 1. The van der Waals surface area contributed by atoms with E-state index >= 15 is 0 Å². The van der Waals surface area contributed by atoms with Crippen LogP contribution in [0.2, 0.25) is 0 Å². The summed E-state index contributed by atoms with van der Waals surface area (Å²) < 4.78 is 25.0. The summed E-state index contributed by atoms with van der Waals surface area (Å²) in [6.07, 6.45) is 2.50. The monoisotopic (exact) mass is 160 g/mol. The molecule has 11 heavy (non-hydrogen) atoms. The predicted molar refractivity (Wildman–Crippen MR) is 33.9 cm³/mol. The molecule has 0 aliphatic heterocycles. The van der Waals surface area contributed by atoms with Crippen molar-refractivity contribution in [3.05, 3.63) is 24.1 Å². The molecule has 0 fully saturated rings. The van der Waals surface area contributed by atoms with Crippen molar-refractivity contribution in [2.75, 3.05) is 0 Å². The molecule has 2 nitrogen and oxygen atoms in total. The largest absolute Gasteiger partial charge is 0.358 e. The number of alkyl halides is 1. The molecule has 1 aliphatic carbocycles. The molecule has 1 rings (SSSR count). The number of halogens is 2. The van der Waals surface area contributed by atoms with Crippen molar-refractivity contribution < 1.29 is 18.7 Å². The molecule has 4 heteroatoms. The average molecular weight is 160 g/mol. The summed E-state index contributed by atoms with van der Waals surface area (Å²) in [4.78, 5) is 10.1. The van der Waals surface area contributed by atoms with E-state index in [0.717, 1.165) is 12.2 Å². The van der Waals surface area contributed by atoms with Gasteiger partial charge in [-0.3, -0.25) is 0 Å². The Morgan fingerprint density at radius 2 is 2.36 bits per heavy atom. The van der Waals surface area contributed by atoms with Crippen LogP contribution in [-0.4, -0.2) is 17.2 Å². The summed E-state index contributed by atoms with van der Waals surface area (Å²) in [5.41, 5.74) is 0. The quantitative estimate of drug-likeness (QED) is 0.578. The molecule has 2 unspecified atom stereocenters. The summed E-state index contributed by atoms with van der Waals surface area (Å²) in [7, 11) is 0. The number of allylic oxidation sites excluding steroid dienone is 2. The Balaban J connectivity index is 2.92. The Labute approximate surface area is 61.8 Å². The molecule has 0 saturated heterocycles. The summed E-state index contributed by atoms with van der Waals surface area (Å²) in [5.74, 6) is -5.06. The molecule has 0 heterocycles. The molecule has 0 bridgehead atoms. The van der Waals surface area contributed by atoms with Gasteiger partial charge in [0.1, 0.15) is 12.1 Å². The van der Waals surface area contributed by atoms with E-state index in [4.69, 9.17) is 5.11 Å². The van der Waals surface area contributed by atoms with E-state index in [1.54, 1.807) is 0 Å². The second-order valence-electron chi connectivity index (χ2n) is 2.28. The highest BCUT2D eigenvalue weighted by Crippen LogP contribution is 2.27. The van der Waals surface area contributed by atoms with Crippen LogP contribution in [0.25, 0.3) is 0 Å². The van der Waals surface area contributed by atoms with Gasteiger partial charge in [-0.15, -0.1) is 0 Å². The van der Waals surface area contributed by atoms with Crippen molar-refractivity contribution in [1.82, 2.24) is 0 Å². The van der Waals surface area contributed by atoms with Crippen LogP contribution in [0.1, 0.15) is 0 Å². The second-order valence-corrected chi connectivity index (χ2v) is 2.28. The van der Waals surface area contributed by atoms with Crippen LogP contribution in [0.3, 0.4) is 0 Å². The lowest BCUT2D eigenvalue weighted by Gasteiger charge is -2.21. The third-order valence-electron chi connectivity index (χ3n) is 1.42. The van der Waals surface area contributed by atoms with E-state index in [1.165, 1.54) is 0 Å². The number of rotatable bonds is 1. The molecule has 0 amide bonds. The maximum atomic E-state index is 12.7. The summed E-state index contributed by atoms with van der Waals surface area (Å²) >= 11 is 0. The first-order valence-electron chi connectivity index (χ1n) is 2.99. The minimum absolute atomic E-state index is 0.222. The van der Waals surface area contributed by atoms with E-state index in [2.05, 4.69) is 0 Å². The standard InChI is InChI=1S/C7H6F2O2/c8-6-2-1-5(4-10)7(9,11)3-6/h1-5,11H. The zero-order chi connectivity index (χ0) is 8.48. The number of aliphatic hydroxyl groups is 1. The molecular formula is C7H6F2O2.